The quantitative estimate of drug-likeness (QED) is 0.661. The molecule has 4 rings (SSSR count). The fourth-order valence-corrected chi connectivity index (χ4v) is 4.59. The van der Waals surface area contributed by atoms with Crippen molar-refractivity contribution in [3.05, 3.63) is 29.3 Å². The van der Waals surface area contributed by atoms with E-state index in [9.17, 15) is 14.9 Å². The van der Waals surface area contributed by atoms with Crippen molar-refractivity contribution in [3.63, 3.8) is 0 Å². The first-order valence-electron chi connectivity index (χ1n) is 8.64. The Labute approximate surface area is 151 Å². The maximum atomic E-state index is 12.7. The largest absolute Gasteiger partial charge is 0.350 e. The highest BCUT2D eigenvalue weighted by atomic mass is 35.5. The summed E-state index contributed by atoms with van der Waals surface area (Å²) in [5, 5.41) is 12.8. The topological polar surface area (TPSA) is 76.4 Å². The molecule has 0 aromatic heterocycles. The van der Waals surface area contributed by atoms with Gasteiger partial charge in [-0.25, -0.2) is 0 Å². The van der Waals surface area contributed by atoms with Gasteiger partial charge in [-0.3, -0.25) is 9.59 Å². The van der Waals surface area contributed by atoms with Crippen LogP contribution in [0, 0.1) is 17.4 Å². The van der Waals surface area contributed by atoms with Crippen molar-refractivity contribution in [1.82, 2.24) is 10.2 Å². The fourth-order valence-electron chi connectivity index (χ4n) is 4.41. The molecule has 0 spiro atoms. The molecule has 3 aliphatic heterocycles. The molecule has 0 unspecified atom stereocenters. The summed E-state index contributed by atoms with van der Waals surface area (Å²) in [4.78, 5) is 28.7. The van der Waals surface area contributed by atoms with Gasteiger partial charge in [-0.15, -0.1) is 0 Å². The predicted molar refractivity (Wildman–Crippen MR) is 92.7 cm³/mol. The smallest absolute Gasteiger partial charge is 0.239 e. The van der Waals surface area contributed by atoms with E-state index in [0.29, 0.717) is 18.0 Å². The van der Waals surface area contributed by atoms with Crippen LogP contribution in [-0.2, 0) is 9.59 Å². The second-order valence-electron chi connectivity index (χ2n) is 6.97. The van der Waals surface area contributed by atoms with Gasteiger partial charge in [0.25, 0.3) is 0 Å². The van der Waals surface area contributed by atoms with Crippen molar-refractivity contribution in [2.45, 2.75) is 43.8 Å². The van der Waals surface area contributed by atoms with Crippen molar-refractivity contribution >= 4 is 29.1 Å². The number of nitriles is 1. The highest BCUT2D eigenvalue weighted by molar-refractivity contribution is 6.31. The van der Waals surface area contributed by atoms with Crippen LogP contribution in [0.2, 0.25) is 5.02 Å². The van der Waals surface area contributed by atoms with E-state index in [4.69, 9.17) is 11.6 Å². The van der Waals surface area contributed by atoms with Crippen molar-refractivity contribution in [2.75, 3.05) is 11.4 Å². The summed E-state index contributed by atoms with van der Waals surface area (Å²) in [6.07, 6.45) is 5.47. The van der Waals surface area contributed by atoms with Crippen molar-refractivity contribution in [2.24, 2.45) is 5.92 Å². The van der Waals surface area contributed by atoms with Gasteiger partial charge in [-0.2, -0.15) is 5.26 Å². The second-order valence-corrected chi connectivity index (χ2v) is 7.40. The van der Waals surface area contributed by atoms with Crippen LogP contribution in [-0.4, -0.2) is 41.4 Å². The van der Waals surface area contributed by atoms with Gasteiger partial charge in [-0.1, -0.05) is 17.7 Å². The number of amides is 2. The van der Waals surface area contributed by atoms with Crippen LogP contribution >= 0.6 is 11.6 Å². The first-order valence-corrected chi connectivity index (χ1v) is 9.01. The monoisotopic (exact) mass is 358 g/mol. The molecule has 0 radical (unpaired) electrons. The summed E-state index contributed by atoms with van der Waals surface area (Å²) in [5.74, 6) is -1.06. The molecule has 0 saturated carbocycles. The zero-order valence-electron chi connectivity index (χ0n) is 13.7. The van der Waals surface area contributed by atoms with Crippen molar-refractivity contribution in [3.8, 4) is 6.19 Å². The number of benzene rings is 1. The molecule has 7 heteroatoms. The van der Waals surface area contributed by atoms with E-state index in [2.05, 4.69) is 11.5 Å². The van der Waals surface area contributed by atoms with E-state index in [1.54, 1.807) is 28.0 Å². The highest BCUT2D eigenvalue weighted by Crippen LogP contribution is 2.37. The molecule has 3 aliphatic rings. The number of hydrogen-bond acceptors (Lipinski definition) is 4. The molecule has 3 saturated heterocycles. The first-order chi connectivity index (χ1) is 12.1. The Balaban J connectivity index is 1.42. The predicted octanol–water partition coefficient (Wildman–Crippen LogP) is 1.90. The van der Waals surface area contributed by atoms with Gasteiger partial charge >= 0.3 is 0 Å². The molecular formula is C18H19ClN4O2. The zero-order chi connectivity index (χ0) is 17.6. The lowest BCUT2D eigenvalue weighted by Crippen LogP contribution is -2.47. The second kappa shape index (κ2) is 6.23. The Kier molecular flexibility index (Phi) is 4.04. The van der Waals surface area contributed by atoms with Gasteiger partial charge in [0.15, 0.2) is 6.19 Å². The van der Waals surface area contributed by atoms with Gasteiger partial charge in [-0.05, 0) is 43.9 Å². The summed E-state index contributed by atoms with van der Waals surface area (Å²) < 4.78 is 0. The molecule has 1 aromatic rings. The summed E-state index contributed by atoms with van der Waals surface area (Å²) in [7, 11) is 0. The maximum Gasteiger partial charge on any atom is 0.239 e. The molecular weight excluding hydrogens is 340 g/mol. The Bertz CT molecular complexity index is 762. The minimum absolute atomic E-state index is 0.0288. The van der Waals surface area contributed by atoms with Gasteiger partial charge in [0.05, 0.1) is 12.1 Å². The molecule has 25 heavy (non-hydrogen) atoms. The minimum Gasteiger partial charge on any atom is -0.350 e. The number of hydrogen-bond donors (Lipinski definition) is 1. The van der Waals surface area contributed by atoms with Gasteiger partial charge in [0.2, 0.25) is 11.8 Å². The number of carbonyl (C=O) groups is 2. The van der Waals surface area contributed by atoms with Crippen LogP contribution in [0.3, 0.4) is 0 Å². The van der Waals surface area contributed by atoms with E-state index in [1.807, 2.05) is 6.07 Å². The van der Waals surface area contributed by atoms with Crippen LogP contribution in [0.15, 0.2) is 24.3 Å². The van der Waals surface area contributed by atoms with Crippen LogP contribution < -0.4 is 10.2 Å². The lowest BCUT2D eigenvalue weighted by Gasteiger charge is -2.23. The summed E-state index contributed by atoms with van der Waals surface area (Å²) in [6, 6.07) is 7.40. The molecule has 1 N–H and O–H groups in total. The summed E-state index contributed by atoms with van der Waals surface area (Å²) in [6.45, 7) is 0.512. The standard InChI is InChI=1S/C18H19ClN4O2/c19-11-2-1-3-12(8-11)22-7-6-14(18(22)25)17(24)21-15-9-13-4-5-16(15)23(13)10-20/h1-3,8,13-16H,4-7,9H2,(H,21,24)/t13-,14-,15+,16+/m0/s1. The van der Waals surface area contributed by atoms with Gasteiger partial charge < -0.3 is 15.1 Å². The third-order valence-corrected chi connectivity index (χ3v) is 5.86. The SMILES string of the molecule is N#CN1[C@H]2CC[C@@H]1[C@H](NC(=O)[C@@H]1CCN(c3cccc(Cl)c3)C1=O)C2. The molecule has 3 fully saturated rings. The lowest BCUT2D eigenvalue weighted by atomic mass is 9.94. The number of halogens is 1. The molecule has 6 nitrogen and oxygen atoms in total. The molecule has 0 aliphatic carbocycles. The number of nitrogens with zero attached hydrogens (tertiary/aromatic N) is 3. The van der Waals surface area contributed by atoms with E-state index >= 15 is 0 Å². The van der Waals surface area contributed by atoms with Crippen LogP contribution in [0.25, 0.3) is 0 Å². The number of nitrogens with one attached hydrogen (secondary N) is 1. The Hall–Kier alpha value is -2.26. The van der Waals surface area contributed by atoms with Crippen molar-refractivity contribution in [1.29, 1.82) is 5.26 Å². The Morgan fingerprint density at radius 1 is 1.32 bits per heavy atom. The average Bonchev–Trinajstić information content (AvgIpc) is 3.26. The molecule has 2 bridgehead atoms. The summed E-state index contributed by atoms with van der Waals surface area (Å²) >= 11 is 6.00. The van der Waals surface area contributed by atoms with Crippen LogP contribution in [0.5, 0.6) is 0 Å². The average molecular weight is 359 g/mol. The first kappa shape index (κ1) is 16.2. The molecule has 130 valence electrons. The minimum atomic E-state index is -0.659. The van der Waals surface area contributed by atoms with E-state index in [0.717, 1.165) is 24.9 Å². The van der Waals surface area contributed by atoms with E-state index in [-0.39, 0.29) is 29.9 Å². The van der Waals surface area contributed by atoms with Crippen molar-refractivity contribution < 1.29 is 9.59 Å². The normalized spacial score (nSPS) is 30.6. The third kappa shape index (κ3) is 2.73. The highest BCUT2D eigenvalue weighted by Gasteiger charge is 2.48. The number of carbonyl (C=O) groups excluding carboxylic acids is 2. The Morgan fingerprint density at radius 3 is 2.88 bits per heavy atom. The zero-order valence-corrected chi connectivity index (χ0v) is 14.4. The number of anilines is 1. The lowest BCUT2D eigenvalue weighted by molar-refractivity contribution is -0.132. The molecule has 1 aromatic carbocycles. The maximum absolute atomic E-state index is 12.7. The van der Waals surface area contributed by atoms with Crippen LogP contribution in [0.1, 0.15) is 25.7 Å². The fraction of sp³-hybridized carbons (Fsp3) is 0.500. The molecule has 2 amide bonds. The third-order valence-electron chi connectivity index (χ3n) is 5.62. The van der Waals surface area contributed by atoms with Gasteiger partial charge in [0, 0.05) is 23.3 Å². The number of fused-ring (bicyclic) bond motifs is 2. The van der Waals surface area contributed by atoms with E-state index < -0.39 is 5.92 Å². The van der Waals surface area contributed by atoms with Crippen LogP contribution in [0.4, 0.5) is 5.69 Å². The molecule has 3 heterocycles. The Morgan fingerprint density at radius 2 is 2.16 bits per heavy atom. The molecule has 4 atom stereocenters. The number of rotatable bonds is 3. The van der Waals surface area contributed by atoms with Gasteiger partial charge in [0.1, 0.15) is 5.92 Å². The van der Waals surface area contributed by atoms with E-state index in [1.165, 1.54) is 0 Å². The summed E-state index contributed by atoms with van der Waals surface area (Å²) in [5.41, 5.74) is 0.725.